The molecule has 5 nitrogen and oxygen atoms in total. The first-order valence-corrected chi connectivity index (χ1v) is 5.77. The third-order valence-electron chi connectivity index (χ3n) is 1.82. The minimum absolute atomic E-state index is 0.108. The molecule has 88 valence electrons. The molecule has 1 aromatic rings. The highest BCUT2D eigenvalue weighted by Gasteiger charge is 2.17. The number of nitrogens with zero attached hydrogens (tertiary/aromatic N) is 2. The maximum atomic E-state index is 11.6. The summed E-state index contributed by atoms with van der Waals surface area (Å²) >= 11 is 12.3. The highest BCUT2D eigenvalue weighted by Crippen LogP contribution is 2.28. The predicted molar refractivity (Wildman–Crippen MR) is 62.9 cm³/mol. The summed E-state index contributed by atoms with van der Waals surface area (Å²) in [6, 6.07) is 0. The number of amides is 2. The molecule has 0 unspecified atom stereocenters. The lowest BCUT2D eigenvalue weighted by atomic mass is 10.4. The van der Waals surface area contributed by atoms with Crippen molar-refractivity contribution >= 4 is 46.5 Å². The van der Waals surface area contributed by atoms with Gasteiger partial charge in [-0.1, -0.05) is 23.2 Å². The van der Waals surface area contributed by atoms with Crippen molar-refractivity contribution in [1.29, 1.82) is 0 Å². The Labute approximate surface area is 106 Å². The second kappa shape index (κ2) is 5.47. The summed E-state index contributed by atoms with van der Waals surface area (Å²) in [6.45, 7) is 1.52. The lowest BCUT2D eigenvalue weighted by Crippen LogP contribution is -2.37. The fourth-order valence-electron chi connectivity index (χ4n) is 0.783. The average molecular weight is 282 g/mol. The van der Waals surface area contributed by atoms with Crippen LogP contribution < -0.4 is 5.32 Å². The van der Waals surface area contributed by atoms with Crippen LogP contribution in [-0.4, -0.2) is 34.8 Å². The van der Waals surface area contributed by atoms with Crippen LogP contribution in [-0.2, 0) is 4.79 Å². The number of nitrogens with one attached hydrogen (secondary N) is 1. The smallest absolute Gasteiger partial charge is 0.265 e. The van der Waals surface area contributed by atoms with E-state index < -0.39 is 5.91 Å². The van der Waals surface area contributed by atoms with Gasteiger partial charge in [-0.2, -0.15) is 4.37 Å². The fraction of sp³-hybridized carbons (Fsp3) is 0.375. The summed E-state index contributed by atoms with van der Waals surface area (Å²) in [5.74, 6) is -0.545. The Morgan fingerprint density at radius 2 is 2.12 bits per heavy atom. The van der Waals surface area contributed by atoms with Gasteiger partial charge in [-0.3, -0.25) is 9.59 Å². The SMILES string of the molecule is CC(=O)N(C)CNC(=O)c1snc(Cl)c1Cl. The molecule has 1 aromatic heterocycles. The van der Waals surface area contributed by atoms with E-state index in [1.165, 1.54) is 11.8 Å². The van der Waals surface area contributed by atoms with E-state index in [-0.39, 0.29) is 27.6 Å². The van der Waals surface area contributed by atoms with Gasteiger partial charge in [-0.25, -0.2) is 0 Å². The first-order valence-electron chi connectivity index (χ1n) is 4.24. The number of carbonyl (C=O) groups is 2. The van der Waals surface area contributed by atoms with E-state index in [9.17, 15) is 9.59 Å². The van der Waals surface area contributed by atoms with Crippen LogP contribution in [0.1, 0.15) is 16.6 Å². The molecule has 0 saturated carbocycles. The molecule has 16 heavy (non-hydrogen) atoms. The van der Waals surface area contributed by atoms with Crippen LogP contribution in [0.25, 0.3) is 0 Å². The van der Waals surface area contributed by atoms with Crippen molar-refractivity contribution in [3.05, 3.63) is 15.1 Å². The fourth-order valence-corrected chi connectivity index (χ4v) is 1.91. The lowest BCUT2D eigenvalue weighted by Gasteiger charge is -2.14. The maximum Gasteiger partial charge on any atom is 0.265 e. The normalized spacial score (nSPS) is 10.0. The largest absolute Gasteiger partial charge is 0.334 e. The lowest BCUT2D eigenvalue weighted by molar-refractivity contribution is -0.127. The van der Waals surface area contributed by atoms with E-state index in [2.05, 4.69) is 9.69 Å². The Bertz CT molecular complexity index is 421. The van der Waals surface area contributed by atoms with E-state index in [1.807, 2.05) is 0 Å². The van der Waals surface area contributed by atoms with Crippen LogP contribution in [0.5, 0.6) is 0 Å². The first-order chi connectivity index (χ1) is 7.43. The molecule has 0 aliphatic rings. The number of aromatic nitrogens is 1. The van der Waals surface area contributed by atoms with Crippen LogP contribution in [0, 0.1) is 0 Å². The number of hydrogen-bond donors (Lipinski definition) is 1. The molecule has 0 atom stereocenters. The molecule has 0 bridgehead atoms. The summed E-state index contributed by atoms with van der Waals surface area (Å²) in [5, 5.41) is 2.77. The number of carbonyl (C=O) groups excluding carboxylic acids is 2. The highest BCUT2D eigenvalue weighted by molar-refractivity contribution is 7.09. The predicted octanol–water partition coefficient (Wildman–Crippen LogP) is 1.62. The number of halogens is 2. The second-order valence-electron chi connectivity index (χ2n) is 3.00. The summed E-state index contributed by atoms with van der Waals surface area (Å²) in [5.41, 5.74) is 0. The molecule has 0 saturated heterocycles. The van der Waals surface area contributed by atoms with E-state index in [1.54, 1.807) is 7.05 Å². The Hall–Kier alpha value is -0.850. The van der Waals surface area contributed by atoms with Crippen molar-refractivity contribution in [2.75, 3.05) is 13.7 Å². The van der Waals surface area contributed by atoms with Gasteiger partial charge in [0.15, 0.2) is 5.15 Å². The Balaban J connectivity index is 2.60. The van der Waals surface area contributed by atoms with Crippen molar-refractivity contribution in [2.24, 2.45) is 0 Å². The van der Waals surface area contributed by atoms with Crippen LogP contribution in [0.15, 0.2) is 0 Å². The molecule has 0 fully saturated rings. The van der Waals surface area contributed by atoms with Gasteiger partial charge in [0.1, 0.15) is 9.90 Å². The third-order valence-corrected chi connectivity index (χ3v) is 3.61. The Kier molecular flexibility index (Phi) is 4.52. The Morgan fingerprint density at radius 1 is 1.50 bits per heavy atom. The monoisotopic (exact) mass is 281 g/mol. The summed E-state index contributed by atoms with van der Waals surface area (Å²) < 4.78 is 3.73. The van der Waals surface area contributed by atoms with E-state index in [0.717, 1.165) is 11.5 Å². The van der Waals surface area contributed by atoms with Gasteiger partial charge in [-0.15, -0.1) is 0 Å². The number of hydrogen-bond acceptors (Lipinski definition) is 4. The molecule has 2 amide bonds. The van der Waals surface area contributed by atoms with Gasteiger partial charge in [0.05, 0.1) is 6.67 Å². The zero-order valence-corrected chi connectivity index (χ0v) is 10.9. The van der Waals surface area contributed by atoms with Gasteiger partial charge >= 0.3 is 0 Å². The van der Waals surface area contributed by atoms with E-state index in [0.29, 0.717) is 0 Å². The summed E-state index contributed by atoms with van der Waals surface area (Å²) in [4.78, 5) is 24.1. The maximum absolute atomic E-state index is 11.6. The van der Waals surface area contributed by atoms with Gasteiger partial charge < -0.3 is 10.2 Å². The van der Waals surface area contributed by atoms with Crippen LogP contribution in [0.3, 0.4) is 0 Å². The zero-order valence-electron chi connectivity index (χ0n) is 8.58. The topological polar surface area (TPSA) is 62.3 Å². The molecule has 0 aliphatic heterocycles. The molecule has 1 heterocycles. The minimum Gasteiger partial charge on any atom is -0.334 e. The van der Waals surface area contributed by atoms with E-state index in [4.69, 9.17) is 23.2 Å². The van der Waals surface area contributed by atoms with Crippen molar-refractivity contribution < 1.29 is 9.59 Å². The Morgan fingerprint density at radius 3 is 2.56 bits per heavy atom. The highest BCUT2D eigenvalue weighted by atomic mass is 35.5. The van der Waals surface area contributed by atoms with Crippen molar-refractivity contribution in [2.45, 2.75) is 6.92 Å². The van der Waals surface area contributed by atoms with Crippen LogP contribution in [0.4, 0.5) is 0 Å². The van der Waals surface area contributed by atoms with Crippen molar-refractivity contribution in [1.82, 2.24) is 14.6 Å². The van der Waals surface area contributed by atoms with Crippen LogP contribution >= 0.6 is 34.7 Å². The molecule has 0 aliphatic carbocycles. The van der Waals surface area contributed by atoms with Gasteiger partial charge in [-0.05, 0) is 11.5 Å². The molecule has 0 radical (unpaired) electrons. The van der Waals surface area contributed by atoms with Crippen LogP contribution in [0.2, 0.25) is 10.2 Å². The zero-order chi connectivity index (χ0) is 12.3. The number of rotatable bonds is 3. The van der Waals surface area contributed by atoms with Crippen molar-refractivity contribution in [3.8, 4) is 0 Å². The minimum atomic E-state index is -0.400. The average Bonchev–Trinajstić information content (AvgIpc) is 2.55. The van der Waals surface area contributed by atoms with Crippen molar-refractivity contribution in [3.63, 3.8) is 0 Å². The third kappa shape index (κ3) is 3.07. The van der Waals surface area contributed by atoms with E-state index >= 15 is 0 Å². The summed E-state index contributed by atoms with van der Waals surface area (Å²) in [6.07, 6.45) is 0. The quantitative estimate of drug-likeness (QED) is 0.857. The molecule has 0 spiro atoms. The molecular formula is C8H9Cl2N3O2S. The van der Waals surface area contributed by atoms with Gasteiger partial charge in [0.2, 0.25) is 5.91 Å². The summed E-state index contributed by atoms with van der Waals surface area (Å²) in [7, 11) is 1.57. The molecule has 1 N–H and O–H groups in total. The first kappa shape index (κ1) is 13.2. The molecule has 8 heteroatoms. The second-order valence-corrected chi connectivity index (χ2v) is 4.51. The van der Waals surface area contributed by atoms with Gasteiger partial charge in [0, 0.05) is 14.0 Å². The molecule has 1 rings (SSSR count). The molecule has 0 aromatic carbocycles. The standard InChI is InChI=1S/C8H9Cl2N3O2S/c1-4(14)13(2)3-11-8(15)6-5(9)7(10)12-16-6/h3H2,1-2H3,(H,11,15). The van der Waals surface area contributed by atoms with Gasteiger partial charge in [0.25, 0.3) is 5.91 Å². The molecular weight excluding hydrogens is 273 g/mol.